The van der Waals surface area contributed by atoms with Crippen molar-refractivity contribution < 1.29 is 0 Å². The molecule has 1 aromatic carbocycles. The van der Waals surface area contributed by atoms with Crippen molar-refractivity contribution in [1.82, 2.24) is 5.32 Å². The van der Waals surface area contributed by atoms with Crippen LogP contribution in [0, 0.1) is 0 Å². The molecule has 0 amide bonds. The summed E-state index contributed by atoms with van der Waals surface area (Å²) in [5.74, 6) is 0. The van der Waals surface area contributed by atoms with E-state index in [2.05, 4.69) is 44.8 Å². The molecule has 0 fully saturated rings. The molecule has 0 aliphatic carbocycles. The molecule has 3 heteroatoms. The normalized spacial score (nSPS) is 10.9. The second kappa shape index (κ2) is 3.78. The van der Waals surface area contributed by atoms with Crippen LogP contribution in [0.4, 0.5) is 0 Å². The number of benzene rings is 1. The Morgan fingerprint density at radius 3 is 3.08 bits per heavy atom. The van der Waals surface area contributed by atoms with Gasteiger partial charge in [0.05, 0.1) is 0 Å². The van der Waals surface area contributed by atoms with Crippen molar-refractivity contribution in [3.63, 3.8) is 0 Å². The number of nitrogens with one attached hydrogen (secondary N) is 1. The Labute approximate surface area is 89.9 Å². The predicted octanol–water partition coefficient (Wildman–Crippen LogP) is 3.38. The highest BCUT2D eigenvalue weighted by atomic mass is 79.9. The van der Waals surface area contributed by atoms with Gasteiger partial charge in [-0.1, -0.05) is 12.1 Å². The molecular weight excluding hydrogens is 246 g/mol. The monoisotopic (exact) mass is 255 g/mol. The molecule has 0 bridgehead atoms. The van der Waals surface area contributed by atoms with E-state index >= 15 is 0 Å². The van der Waals surface area contributed by atoms with Crippen LogP contribution in [0.5, 0.6) is 0 Å². The van der Waals surface area contributed by atoms with Crippen LogP contribution in [0.1, 0.15) is 5.56 Å². The molecule has 0 aliphatic rings. The second-order valence-corrected chi connectivity index (χ2v) is 4.64. The van der Waals surface area contributed by atoms with Gasteiger partial charge in [0.2, 0.25) is 0 Å². The van der Waals surface area contributed by atoms with E-state index in [0.29, 0.717) is 0 Å². The van der Waals surface area contributed by atoms with Gasteiger partial charge < -0.3 is 5.32 Å². The van der Waals surface area contributed by atoms with E-state index in [4.69, 9.17) is 0 Å². The molecular formula is C10H10BrNS. The molecule has 0 saturated carbocycles. The summed E-state index contributed by atoms with van der Waals surface area (Å²) in [5, 5.41) is 6.74. The summed E-state index contributed by atoms with van der Waals surface area (Å²) < 4.78 is 2.53. The molecule has 0 unspecified atom stereocenters. The first-order valence-corrected chi connectivity index (χ1v) is 5.79. The maximum absolute atomic E-state index is 3.55. The van der Waals surface area contributed by atoms with E-state index in [0.717, 1.165) is 6.54 Å². The second-order valence-electron chi connectivity index (χ2n) is 2.91. The molecule has 0 radical (unpaired) electrons. The SMILES string of the molecule is CNCc1csc2c(Br)cccc12. The number of fused-ring (bicyclic) bond motifs is 1. The lowest BCUT2D eigenvalue weighted by molar-refractivity contribution is 0.826. The molecule has 0 saturated heterocycles. The smallest absolute Gasteiger partial charge is 0.0488 e. The Hall–Kier alpha value is -0.380. The molecule has 1 nitrogen and oxygen atoms in total. The molecule has 1 heterocycles. The maximum atomic E-state index is 3.55. The van der Waals surface area contributed by atoms with Gasteiger partial charge in [0.15, 0.2) is 0 Å². The van der Waals surface area contributed by atoms with Crippen LogP contribution in [-0.2, 0) is 6.54 Å². The lowest BCUT2D eigenvalue weighted by atomic mass is 10.2. The third-order valence-electron chi connectivity index (χ3n) is 2.00. The van der Waals surface area contributed by atoms with E-state index in [1.54, 1.807) is 11.3 Å². The van der Waals surface area contributed by atoms with Crippen LogP contribution in [0.15, 0.2) is 28.1 Å². The largest absolute Gasteiger partial charge is 0.316 e. The molecule has 1 aromatic heterocycles. The average Bonchev–Trinajstić information content (AvgIpc) is 2.51. The molecule has 2 rings (SSSR count). The van der Waals surface area contributed by atoms with Gasteiger partial charge in [-0.25, -0.2) is 0 Å². The Kier molecular flexibility index (Phi) is 2.67. The fourth-order valence-corrected chi connectivity index (χ4v) is 3.03. The predicted molar refractivity (Wildman–Crippen MR) is 62.3 cm³/mol. The molecule has 0 spiro atoms. The molecule has 68 valence electrons. The Morgan fingerprint density at radius 2 is 2.31 bits per heavy atom. The topological polar surface area (TPSA) is 12.0 Å². The maximum Gasteiger partial charge on any atom is 0.0488 e. The number of rotatable bonds is 2. The van der Waals surface area contributed by atoms with Crippen molar-refractivity contribution >= 4 is 37.4 Å². The van der Waals surface area contributed by atoms with Crippen molar-refractivity contribution in [1.29, 1.82) is 0 Å². The van der Waals surface area contributed by atoms with Crippen LogP contribution in [0.2, 0.25) is 0 Å². The lowest BCUT2D eigenvalue weighted by Crippen LogP contribution is -2.03. The average molecular weight is 256 g/mol. The van der Waals surface area contributed by atoms with Gasteiger partial charge in [0.1, 0.15) is 0 Å². The van der Waals surface area contributed by atoms with Crippen molar-refractivity contribution in [2.75, 3.05) is 7.05 Å². The summed E-state index contributed by atoms with van der Waals surface area (Å²) in [5.41, 5.74) is 1.38. The number of thiophene rings is 1. The third-order valence-corrected chi connectivity index (χ3v) is 4.00. The Morgan fingerprint density at radius 1 is 1.46 bits per heavy atom. The summed E-state index contributed by atoms with van der Waals surface area (Å²) >= 11 is 5.34. The van der Waals surface area contributed by atoms with Gasteiger partial charge in [-0.3, -0.25) is 0 Å². The zero-order valence-electron chi connectivity index (χ0n) is 7.30. The molecule has 0 aliphatic heterocycles. The minimum absolute atomic E-state index is 0.941. The van der Waals surface area contributed by atoms with E-state index in [-0.39, 0.29) is 0 Å². The summed E-state index contributed by atoms with van der Waals surface area (Å²) in [7, 11) is 1.97. The van der Waals surface area contributed by atoms with Gasteiger partial charge in [-0.2, -0.15) is 0 Å². The van der Waals surface area contributed by atoms with Gasteiger partial charge >= 0.3 is 0 Å². The van der Waals surface area contributed by atoms with Gasteiger partial charge in [0.25, 0.3) is 0 Å². The molecule has 0 atom stereocenters. The van der Waals surface area contributed by atoms with Gasteiger partial charge in [0, 0.05) is 15.7 Å². The quantitative estimate of drug-likeness (QED) is 0.868. The fraction of sp³-hybridized carbons (Fsp3) is 0.200. The third kappa shape index (κ3) is 1.64. The highest BCUT2D eigenvalue weighted by molar-refractivity contribution is 9.10. The van der Waals surface area contributed by atoms with Crippen molar-refractivity contribution in [3.05, 3.63) is 33.6 Å². The van der Waals surface area contributed by atoms with Crippen LogP contribution < -0.4 is 5.32 Å². The van der Waals surface area contributed by atoms with Crippen LogP contribution in [0.25, 0.3) is 10.1 Å². The zero-order valence-corrected chi connectivity index (χ0v) is 9.71. The minimum atomic E-state index is 0.941. The fourth-order valence-electron chi connectivity index (χ4n) is 1.40. The Bertz CT molecular complexity index is 422. The summed E-state index contributed by atoms with van der Waals surface area (Å²) in [6.07, 6.45) is 0. The van der Waals surface area contributed by atoms with Gasteiger partial charge in [-0.05, 0) is 45.4 Å². The van der Waals surface area contributed by atoms with Crippen molar-refractivity contribution in [3.8, 4) is 0 Å². The van der Waals surface area contributed by atoms with Crippen molar-refractivity contribution in [2.45, 2.75) is 6.54 Å². The van der Waals surface area contributed by atoms with E-state index in [9.17, 15) is 0 Å². The number of hydrogen-bond donors (Lipinski definition) is 1. The van der Waals surface area contributed by atoms with Crippen LogP contribution in [0.3, 0.4) is 0 Å². The van der Waals surface area contributed by atoms with E-state index in [1.807, 2.05) is 7.05 Å². The molecule has 13 heavy (non-hydrogen) atoms. The van der Waals surface area contributed by atoms with Crippen LogP contribution >= 0.6 is 27.3 Å². The number of hydrogen-bond acceptors (Lipinski definition) is 2. The zero-order chi connectivity index (χ0) is 9.26. The van der Waals surface area contributed by atoms with E-state index in [1.165, 1.54) is 20.1 Å². The first-order valence-electron chi connectivity index (χ1n) is 4.12. The lowest BCUT2D eigenvalue weighted by Gasteiger charge is -1.97. The molecule has 2 aromatic rings. The summed E-state index contributed by atoms with van der Waals surface area (Å²) in [6.45, 7) is 0.941. The highest BCUT2D eigenvalue weighted by Crippen LogP contribution is 2.31. The van der Waals surface area contributed by atoms with Crippen molar-refractivity contribution in [2.24, 2.45) is 0 Å². The summed E-state index contributed by atoms with van der Waals surface area (Å²) in [4.78, 5) is 0. The van der Waals surface area contributed by atoms with E-state index < -0.39 is 0 Å². The Balaban J connectivity index is 2.61. The highest BCUT2D eigenvalue weighted by Gasteiger charge is 2.04. The first-order chi connectivity index (χ1) is 6.33. The summed E-state index contributed by atoms with van der Waals surface area (Å²) in [6, 6.07) is 6.34. The standard InChI is InChI=1S/C10H10BrNS/c1-12-5-7-6-13-10-8(7)3-2-4-9(10)11/h2-4,6,12H,5H2,1H3. The van der Waals surface area contributed by atoms with Crippen LogP contribution in [-0.4, -0.2) is 7.05 Å². The van der Waals surface area contributed by atoms with Gasteiger partial charge in [-0.15, -0.1) is 11.3 Å². The molecule has 1 N–H and O–H groups in total. The first kappa shape index (κ1) is 9.19. The number of halogens is 1. The minimum Gasteiger partial charge on any atom is -0.316 e.